The first kappa shape index (κ1) is 11.9. The van der Waals surface area contributed by atoms with Crippen molar-refractivity contribution in [3.05, 3.63) is 24.0 Å². The second-order valence-electron chi connectivity index (χ2n) is 4.71. The molecule has 0 bridgehead atoms. The van der Waals surface area contributed by atoms with Crippen molar-refractivity contribution in [3.63, 3.8) is 0 Å². The molecule has 0 unspecified atom stereocenters. The predicted octanol–water partition coefficient (Wildman–Crippen LogP) is 2.13. The number of amidine groups is 1. The Kier molecular flexibility index (Phi) is 3.61. The van der Waals surface area contributed by atoms with Crippen LogP contribution in [0.2, 0.25) is 0 Å². The normalized spacial score (nSPS) is 16.8. The highest BCUT2D eigenvalue weighted by atomic mass is 15.1. The first-order valence-corrected chi connectivity index (χ1v) is 6.21. The molecule has 92 valence electrons. The Morgan fingerprint density at radius 2 is 2.12 bits per heavy atom. The van der Waals surface area contributed by atoms with Crippen LogP contribution in [0.3, 0.4) is 0 Å². The summed E-state index contributed by atoms with van der Waals surface area (Å²) < 4.78 is 0. The quantitative estimate of drug-likeness (QED) is 0.620. The molecule has 3 N–H and O–H groups in total. The first-order chi connectivity index (χ1) is 8.20. The van der Waals surface area contributed by atoms with Crippen LogP contribution < -0.4 is 10.6 Å². The van der Waals surface area contributed by atoms with Crippen LogP contribution >= 0.6 is 0 Å². The molecule has 4 nitrogen and oxygen atoms in total. The van der Waals surface area contributed by atoms with Crippen molar-refractivity contribution in [2.24, 2.45) is 5.73 Å². The fourth-order valence-electron chi connectivity index (χ4n) is 2.56. The summed E-state index contributed by atoms with van der Waals surface area (Å²) in [5, 5.41) is 7.61. The third-order valence-electron chi connectivity index (χ3n) is 3.59. The zero-order valence-corrected chi connectivity index (χ0v) is 10.3. The van der Waals surface area contributed by atoms with Crippen molar-refractivity contribution < 1.29 is 0 Å². The van der Waals surface area contributed by atoms with E-state index in [2.05, 4.69) is 16.9 Å². The number of nitrogens with one attached hydrogen (secondary N) is 1. The van der Waals surface area contributed by atoms with Crippen molar-refractivity contribution in [2.75, 3.05) is 11.9 Å². The Morgan fingerprint density at radius 3 is 2.76 bits per heavy atom. The van der Waals surface area contributed by atoms with Gasteiger partial charge in [0.2, 0.25) is 0 Å². The van der Waals surface area contributed by atoms with Crippen LogP contribution in [0, 0.1) is 5.41 Å². The maximum atomic E-state index is 7.61. The predicted molar refractivity (Wildman–Crippen MR) is 70.5 cm³/mol. The van der Waals surface area contributed by atoms with E-state index in [1.807, 2.05) is 12.3 Å². The minimum Gasteiger partial charge on any atom is -0.384 e. The van der Waals surface area contributed by atoms with E-state index in [1.165, 1.54) is 32.1 Å². The van der Waals surface area contributed by atoms with E-state index in [0.29, 0.717) is 6.04 Å². The zero-order valence-electron chi connectivity index (χ0n) is 10.3. The average Bonchev–Trinajstić information content (AvgIpc) is 2.39. The van der Waals surface area contributed by atoms with Gasteiger partial charge in [-0.2, -0.15) is 0 Å². The SMILES string of the molecule is CN(c1cnccc1C(=N)N)C1CCCCC1. The van der Waals surface area contributed by atoms with Gasteiger partial charge in [-0.3, -0.25) is 10.4 Å². The van der Waals surface area contributed by atoms with Crippen LogP contribution in [0.15, 0.2) is 18.5 Å². The molecule has 0 amide bonds. The number of pyridine rings is 1. The van der Waals surface area contributed by atoms with E-state index in [1.54, 1.807) is 6.20 Å². The zero-order chi connectivity index (χ0) is 12.3. The number of aromatic nitrogens is 1. The van der Waals surface area contributed by atoms with Gasteiger partial charge in [0.15, 0.2) is 0 Å². The Morgan fingerprint density at radius 1 is 1.41 bits per heavy atom. The molecule has 1 aromatic rings. The fraction of sp³-hybridized carbons (Fsp3) is 0.538. The Bertz CT molecular complexity index is 396. The maximum Gasteiger partial charge on any atom is 0.125 e. The lowest BCUT2D eigenvalue weighted by Crippen LogP contribution is -2.34. The van der Waals surface area contributed by atoms with Gasteiger partial charge in [0.25, 0.3) is 0 Å². The van der Waals surface area contributed by atoms with Crippen LogP contribution in [0.5, 0.6) is 0 Å². The van der Waals surface area contributed by atoms with Gasteiger partial charge in [-0.15, -0.1) is 0 Å². The monoisotopic (exact) mass is 232 g/mol. The molecule has 2 rings (SSSR count). The van der Waals surface area contributed by atoms with Gasteiger partial charge in [0.05, 0.1) is 11.9 Å². The molecule has 0 spiro atoms. The van der Waals surface area contributed by atoms with Crippen LogP contribution in [-0.4, -0.2) is 23.9 Å². The van der Waals surface area contributed by atoms with Gasteiger partial charge in [0.1, 0.15) is 5.84 Å². The number of nitrogens with zero attached hydrogens (tertiary/aromatic N) is 2. The third-order valence-corrected chi connectivity index (χ3v) is 3.59. The van der Waals surface area contributed by atoms with Crippen LogP contribution in [0.4, 0.5) is 5.69 Å². The smallest absolute Gasteiger partial charge is 0.125 e. The van der Waals surface area contributed by atoms with Crippen molar-refractivity contribution in [1.82, 2.24) is 4.98 Å². The second kappa shape index (κ2) is 5.17. The third kappa shape index (κ3) is 2.57. The lowest BCUT2D eigenvalue weighted by Gasteiger charge is -2.33. The van der Waals surface area contributed by atoms with Crippen LogP contribution in [-0.2, 0) is 0 Å². The van der Waals surface area contributed by atoms with Crippen LogP contribution in [0.1, 0.15) is 37.7 Å². The Labute approximate surface area is 102 Å². The van der Waals surface area contributed by atoms with Gasteiger partial charge in [-0.1, -0.05) is 19.3 Å². The molecule has 1 aromatic heterocycles. The van der Waals surface area contributed by atoms with Gasteiger partial charge < -0.3 is 10.6 Å². The van der Waals surface area contributed by atoms with Gasteiger partial charge >= 0.3 is 0 Å². The summed E-state index contributed by atoms with van der Waals surface area (Å²) in [4.78, 5) is 6.39. The van der Waals surface area contributed by atoms with Gasteiger partial charge in [-0.25, -0.2) is 0 Å². The van der Waals surface area contributed by atoms with E-state index >= 15 is 0 Å². The lowest BCUT2D eigenvalue weighted by atomic mass is 9.94. The van der Waals surface area contributed by atoms with Crippen molar-refractivity contribution in [2.45, 2.75) is 38.1 Å². The molecule has 17 heavy (non-hydrogen) atoms. The average molecular weight is 232 g/mol. The molecule has 1 aliphatic carbocycles. The van der Waals surface area contributed by atoms with Crippen molar-refractivity contribution in [1.29, 1.82) is 5.41 Å². The summed E-state index contributed by atoms with van der Waals surface area (Å²) in [7, 11) is 2.08. The summed E-state index contributed by atoms with van der Waals surface area (Å²) >= 11 is 0. The van der Waals surface area contributed by atoms with Gasteiger partial charge in [0, 0.05) is 24.8 Å². The molecule has 0 atom stereocenters. The van der Waals surface area contributed by atoms with E-state index in [9.17, 15) is 0 Å². The largest absolute Gasteiger partial charge is 0.384 e. The summed E-state index contributed by atoms with van der Waals surface area (Å²) in [5.74, 6) is 0.116. The molecular formula is C13H20N4. The van der Waals surface area contributed by atoms with Crippen LogP contribution in [0.25, 0.3) is 0 Å². The number of hydrogen-bond acceptors (Lipinski definition) is 3. The lowest BCUT2D eigenvalue weighted by molar-refractivity contribution is 0.427. The number of nitrogens with two attached hydrogens (primary N) is 1. The highest BCUT2D eigenvalue weighted by Crippen LogP contribution is 2.27. The fourth-order valence-corrected chi connectivity index (χ4v) is 2.56. The highest BCUT2D eigenvalue weighted by Gasteiger charge is 2.20. The van der Waals surface area contributed by atoms with E-state index in [0.717, 1.165) is 11.3 Å². The molecule has 0 radical (unpaired) electrons. The highest BCUT2D eigenvalue weighted by molar-refractivity contribution is 6.00. The molecule has 0 aromatic carbocycles. The Balaban J connectivity index is 2.23. The standard InChI is InChI=1S/C13H20N4/c1-17(10-5-3-2-4-6-10)12-9-16-8-7-11(12)13(14)15/h7-10H,2-6H2,1H3,(H3,14,15). The van der Waals surface area contributed by atoms with Crippen molar-refractivity contribution in [3.8, 4) is 0 Å². The van der Waals surface area contributed by atoms with E-state index in [-0.39, 0.29) is 5.84 Å². The van der Waals surface area contributed by atoms with E-state index < -0.39 is 0 Å². The molecule has 0 aliphatic heterocycles. The van der Waals surface area contributed by atoms with E-state index in [4.69, 9.17) is 11.1 Å². The minimum absolute atomic E-state index is 0.116. The summed E-state index contributed by atoms with van der Waals surface area (Å²) in [6.07, 6.45) is 9.89. The second-order valence-corrected chi connectivity index (χ2v) is 4.71. The number of rotatable bonds is 3. The first-order valence-electron chi connectivity index (χ1n) is 6.21. The van der Waals surface area contributed by atoms with Gasteiger partial charge in [-0.05, 0) is 18.9 Å². The topological polar surface area (TPSA) is 66.0 Å². The van der Waals surface area contributed by atoms with Crippen molar-refractivity contribution >= 4 is 11.5 Å². The number of hydrogen-bond donors (Lipinski definition) is 2. The molecular weight excluding hydrogens is 212 g/mol. The molecule has 1 saturated carbocycles. The summed E-state index contributed by atoms with van der Waals surface area (Å²) in [6, 6.07) is 2.38. The molecule has 1 heterocycles. The Hall–Kier alpha value is -1.58. The molecule has 1 aliphatic rings. The molecule has 4 heteroatoms. The number of anilines is 1. The molecule has 0 saturated heterocycles. The maximum absolute atomic E-state index is 7.61. The summed E-state index contributed by atoms with van der Waals surface area (Å²) in [5.41, 5.74) is 7.37. The minimum atomic E-state index is 0.116. The summed E-state index contributed by atoms with van der Waals surface area (Å²) in [6.45, 7) is 0. The number of nitrogen functional groups attached to an aromatic ring is 1. The molecule has 1 fully saturated rings.